The van der Waals surface area contributed by atoms with Crippen molar-refractivity contribution in [1.82, 2.24) is 15.1 Å². The molecule has 0 bridgehead atoms. The standard InChI is InChI=1S/C17H23N3O4S/c1-18-15(23)13-14(22)16(24)19(2)17(13)5-7-20(8-6-17)12(21)10-11-4-3-9-25-11/h3-4,9,13-14,22H,5-8,10H2,1-2H3,(H,18,23)/t13-,14+/m0/s1. The number of likely N-dealkylation sites (N-methyl/N-ethyl adjacent to an activating group) is 1. The number of likely N-dealkylation sites (tertiary alicyclic amines) is 2. The number of carbonyl (C=O) groups is 3. The van der Waals surface area contributed by atoms with Gasteiger partial charge in [0, 0.05) is 32.1 Å². The van der Waals surface area contributed by atoms with E-state index in [2.05, 4.69) is 5.32 Å². The Morgan fingerprint density at radius 2 is 2.08 bits per heavy atom. The van der Waals surface area contributed by atoms with Crippen LogP contribution in [0.4, 0.5) is 0 Å². The first kappa shape index (κ1) is 17.9. The zero-order valence-electron chi connectivity index (χ0n) is 14.4. The fourth-order valence-electron chi connectivity index (χ4n) is 4.07. The van der Waals surface area contributed by atoms with Gasteiger partial charge in [0.2, 0.25) is 11.8 Å². The number of amides is 3. The molecule has 2 saturated heterocycles. The zero-order valence-corrected chi connectivity index (χ0v) is 15.2. The molecule has 25 heavy (non-hydrogen) atoms. The summed E-state index contributed by atoms with van der Waals surface area (Å²) >= 11 is 1.56. The van der Waals surface area contributed by atoms with E-state index in [1.165, 1.54) is 11.9 Å². The predicted molar refractivity (Wildman–Crippen MR) is 92.9 cm³/mol. The third kappa shape index (κ3) is 2.93. The molecule has 2 fully saturated rings. The van der Waals surface area contributed by atoms with E-state index in [1.807, 2.05) is 17.5 Å². The topological polar surface area (TPSA) is 89.9 Å². The van der Waals surface area contributed by atoms with E-state index in [-0.39, 0.29) is 11.8 Å². The van der Waals surface area contributed by atoms with Crippen LogP contribution in [0, 0.1) is 5.92 Å². The van der Waals surface area contributed by atoms with Crippen LogP contribution in [0.2, 0.25) is 0 Å². The number of piperidine rings is 1. The van der Waals surface area contributed by atoms with Gasteiger partial charge in [-0.3, -0.25) is 14.4 Å². The number of aliphatic hydroxyl groups is 1. The van der Waals surface area contributed by atoms with Crippen molar-refractivity contribution < 1.29 is 19.5 Å². The molecule has 0 aromatic carbocycles. The molecule has 0 aliphatic carbocycles. The first-order chi connectivity index (χ1) is 11.9. The fourth-order valence-corrected chi connectivity index (χ4v) is 4.77. The van der Waals surface area contributed by atoms with Gasteiger partial charge in [-0.2, -0.15) is 0 Å². The third-order valence-corrected chi connectivity index (χ3v) is 6.44. The summed E-state index contributed by atoms with van der Waals surface area (Å²) in [5, 5.41) is 14.8. The highest BCUT2D eigenvalue weighted by Crippen LogP contribution is 2.43. The zero-order chi connectivity index (χ0) is 18.2. The maximum absolute atomic E-state index is 12.5. The molecule has 0 saturated carbocycles. The molecule has 2 aliphatic rings. The van der Waals surface area contributed by atoms with Gasteiger partial charge in [0.25, 0.3) is 5.91 Å². The summed E-state index contributed by atoms with van der Waals surface area (Å²) in [5.41, 5.74) is -0.726. The highest BCUT2D eigenvalue weighted by Gasteiger charge is 2.60. The normalized spacial score (nSPS) is 25.5. The summed E-state index contributed by atoms with van der Waals surface area (Å²) in [7, 11) is 3.14. The monoisotopic (exact) mass is 365 g/mol. The Bertz CT molecular complexity index is 667. The molecular weight excluding hydrogens is 342 g/mol. The van der Waals surface area contributed by atoms with Crippen LogP contribution in [-0.2, 0) is 20.8 Å². The van der Waals surface area contributed by atoms with Crippen molar-refractivity contribution in [2.75, 3.05) is 27.2 Å². The number of nitrogens with one attached hydrogen (secondary N) is 1. The largest absolute Gasteiger partial charge is 0.382 e. The van der Waals surface area contributed by atoms with Crippen molar-refractivity contribution in [3.05, 3.63) is 22.4 Å². The molecule has 2 N–H and O–H groups in total. The van der Waals surface area contributed by atoms with Crippen LogP contribution in [0.15, 0.2) is 17.5 Å². The number of carbonyl (C=O) groups excluding carboxylic acids is 3. The second-order valence-electron chi connectivity index (χ2n) is 6.67. The molecule has 0 radical (unpaired) electrons. The van der Waals surface area contributed by atoms with Gasteiger partial charge in [0.1, 0.15) is 6.10 Å². The minimum Gasteiger partial charge on any atom is -0.382 e. The van der Waals surface area contributed by atoms with E-state index in [4.69, 9.17) is 0 Å². The summed E-state index contributed by atoms with van der Waals surface area (Å²) < 4.78 is 0. The lowest BCUT2D eigenvalue weighted by Crippen LogP contribution is -2.58. The van der Waals surface area contributed by atoms with Gasteiger partial charge >= 0.3 is 0 Å². The summed E-state index contributed by atoms with van der Waals surface area (Å²) in [6.07, 6.45) is 0.0283. The first-order valence-corrected chi connectivity index (χ1v) is 9.26. The lowest BCUT2D eigenvalue weighted by atomic mass is 9.75. The van der Waals surface area contributed by atoms with Crippen molar-refractivity contribution in [2.45, 2.75) is 30.9 Å². The van der Waals surface area contributed by atoms with Gasteiger partial charge in [0.15, 0.2) is 0 Å². The van der Waals surface area contributed by atoms with E-state index in [0.717, 1.165) is 4.88 Å². The third-order valence-electron chi connectivity index (χ3n) is 5.56. The van der Waals surface area contributed by atoms with Crippen LogP contribution in [-0.4, -0.2) is 71.5 Å². The predicted octanol–water partition coefficient (Wildman–Crippen LogP) is -0.153. The fraction of sp³-hybridized carbons (Fsp3) is 0.588. The van der Waals surface area contributed by atoms with Crippen molar-refractivity contribution in [1.29, 1.82) is 0 Å². The molecule has 2 aliphatic heterocycles. The van der Waals surface area contributed by atoms with Crippen molar-refractivity contribution in [3.63, 3.8) is 0 Å². The molecule has 1 aromatic rings. The summed E-state index contributed by atoms with van der Waals surface area (Å²) in [4.78, 5) is 41.3. The molecule has 3 amide bonds. The molecule has 8 heteroatoms. The van der Waals surface area contributed by atoms with E-state index < -0.39 is 23.5 Å². The molecule has 3 heterocycles. The molecule has 136 valence electrons. The number of nitrogens with zero attached hydrogens (tertiary/aromatic N) is 2. The Labute approximate surface area is 150 Å². The molecule has 3 rings (SSSR count). The molecule has 1 aromatic heterocycles. The lowest BCUT2D eigenvalue weighted by molar-refractivity contribution is -0.137. The maximum atomic E-state index is 12.5. The summed E-state index contributed by atoms with van der Waals surface area (Å²) in [6, 6.07) is 3.86. The Morgan fingerprint density at radius 3 is 2.64 bits per heavy atom. The first-order valence-electron chi connectivity index (χ1n) is 8.38. The SMILES string of the molecule is CNC(=O)[C@@H]1[C@@H](O)C(=O)N(C)C12CCN(C(=O)Cc1cccs1)CC2. The summed E-state index contributed by atoms with van der Waals surface area (Å²) in [5.74, 6) is -1.50. The summed E-state index contributed by atoms with van der Waals surface area (Å²) in [6.45, 7) is 0.948. The van der Waals surface area contributed by atoms with Gasteiger partial charge in [0.05, 0.1) is 17.9 Å². The van der Waals surface area contributed by atoms with Crippen molar-refractivity contribution in [3.8, 4) is 0 Å². The maximum Gasteiger partial charge on any atom is 0.252 e. The van der Waals surface area contributed by atoms with Gasteiger partial charge in [-0.25, -0.2) is 0 Å². The minimum absolute atomic E-state index is 0.0568. The smallest absolute Gasteiger partial charge is 0.252 e. The molecule has 1 spiro atoms. The molecule has 2 atom stereocenters. The Kier molecular flexibility index (Phi) is 4.83. The van der Waals surface area contributed by atoms with E-state index in [0.29, 0.717) is 32.4 Å². The van der Waals surface area contributed by atoms with Gasteiger partial charge in [-0.15, -0.1) is 11.3 Å². The van der Waals surface area contributed by atoms with E-state index in [1.54, 1.807) is 23.3 Å². The Morgan fingerprint density at radius 1 is 1.40 bits per heavy atom. The van der Waals surface area contributed by atoms with E-state index >= 15 is 0 Å². The van der Waals surface area contributed by atoms with Crippen LogP contribution in [0.25, 0.3) is 0 Å². The van der Waals surface area contributed by atoms with Crippen LogP contribution in [0.5, 0.6) is 0 Å². The van der Waals surface area contributed by atoms with Gasteiger partial charge < -0.3 is 20.2 Å². The van der Waals surface area contributed by atoms with Gasteiger partial charge in [-0.05, 0) is 24.3 Å². The average Bonchev–Trinajstić information content (AvgIpc) is 3.18. The van der Waals surface area contributed by atoms with Crippen LogP contribution < -0.4 is 5.32 Å². The van der Waals surface area contributed by atoms with Crippen molar-refractivity contribution >= 4 is 29.1 Å². The Hall–Kier alpha value is -1.93. The molecular formula is C17H23N3O4S. The minimum atomic E-state index is -1.32. The van der Waals surface area contributed by atoms with Gasteiger partial charge in [-0.1, -0.05) is 6.07 Å². The second kappa shape index (κ2) is 6.76. The van der Waals surface area contributed by atoms with Crippen LogP contribution in [0.1, 0.15) is 17.7 Å². The highest BCUT2D eigenvalue weighted by atomic mass is 32.1. The lowest BCUT2D eigenvalue weighted by Gasteiger charge is -2.45. The number of hydrogen-bond donors (Lipinski definition) is 2. The van der Waals surface area contributed by atoms with Crippen molar-refractivity contribution in [2.24, 2.45) is 5.92 Å². The average molecular weight is 365 g/mol. The molecule has 0 unspecified atom stereocenters. The number of thiophene rings is 1. The van der Waals surface area contributed by atoms with Crippen LogP contribution in [0.3, 0.4) is 0 Å². The van der Waals surface area contributed by atoms with E-state index in [9.17, 15) is 19.5 Å². The van der Waals surface area contributed by atoms with Crippen LogP contribution >= 0.6 is 11.3 Å². The number of rotatable bonds is 3. The quantitative estimate of drug-likeness (QED) is 0.779. The molecule has 7 nitrogen and oxygen atoms in total. The number of aliphatic hydroxyl groups excluding tert-OH is 1. The highest BCUT2D eigenvalue weighted by molar-refractivity contribution is 7.10. The number of hydrogen-bond acceptors (Lipinski definition) is 5. The second-order valence-corrected chi connectivity index (χ2v) is 7.71. The Balaban J connectivity index is 1.73.